The van der Waals surface area contributed by atoms with Gasteiger partial charge < -0.3 is 16.0 Å². The third-order valence-electron chi connectivity index (χ3n) is 7.21. The summed E-state index contributed by atoms with van der Waals surface area (Å²) >= 11 is 0. The van der Waals surface area contributed by atoms with E-state index >= 15 is 0 Å². The third kappa shape index (κ3) is 5.91. The molecule has 0 aliphatic carbocycles. The minimum Gasteiger partial charge on any atom is -0.368 e. The van der Waals surface area contributed by atoms with Crippen LogP contribution in [0, 0.1) is 17.2 Å². The van der Waals surface area contributed by atoms with E-state index in [4.69, 9.17) is 11.1 Å². The summed E-state index contributed by atoms with van der Waals surface area (Å²) in [5, 5.41) is 8.69. The van der Waals surface area contributed by atoms with Crippen molar-refractivity contribution >= 4 is 27.6 Å². The number of carbonyl (C=O) groups is 1. The molecule has 3 N–H and O–H groups in total. The van der Waals surface area contributed by atoms with E-state index in [2.05, 4.69) is 14.9 Å². The number of rotatable bonds is 7. The zero-order valence-corrected chi connectivity index (χ0v) is 21.7. The fraction of sp³-hybridized carbons (Fsp3) is 0.520. The van der Waals surface area contributed by atoms with E-state index in [1.54, 1.807) is 36.7 Å². The average Bonchev–Trinajstić information content (AvgIpc) is 2.89. The number of carbonyl (C=O) groups excluding carboxylic acids is 1. The molecule has 2 aliphatic heterocycles. The Bertz CT molecular complexity index is 1180. The Kier molecular flexibility index (Phi) is 8.01. The minimum absolute atomic E-state index is 0.00957. The highest BCUT2D eigenvalue weighted by atomic mass is 32.2. The van der Waals surface area contributed by atoms with Gasteiger partial charge in [-0.05, 0) is 56.5 Å². The lowest BCUT2D eigenvalue weighted by molar-refractivity contribution is -0.138. The molecule has 1 aromatic carbocycles. The van der Waals surface area contributed by atoms with Crippen molar-refractivity contribution in [3.63, 3.8) is 0 Å². The van der Waals surface area contributed by atoms with Crippen molar-refractivity contribution in [3.8, 4) is 0 Å². The molecule has 0 bridgehead atoms. The Morgan fingerprint density at radius 2 is 1.67 bits per heavy atom. The molecule has 194 valence electrons. The second-order valence-electron chi connectivity index (χ2n) is 9.83. The highest BCUT2D eigenvalue weighted by Crippen LogP contribution is 2.27. The molecule has 36 heavy (non-hydrogen) atoms. The number of benzene rings is 1. The van der Waals surface area contributed by atoms with E-state index < -0.39 is 10.0 Å². The summed E-state index contributed by atoms with van der Waals surface area (Å²) in [5.41, 5.74) is 7.64. The lowest BCUT2D eigenvalue weighted by Gasteiger charge is -2.37. The number of anilines is 1. The van der Waals surface area contributed by atoms with Gasteiger partial charge in [0.2, 0.25) is 21.9 Å². The maximum atomic E-state index is 13.2. The average molecular weight is 514 g/mol. The van der Waals surface area contributed by atoms with Gasteiger partial charge in [0.1, 0.15) is 0 Å². The van der Waals surface area contributed by atoms with Gasteiger partial charge in [0.15, 0.2) is 0 Å². The summed E-state index contributed by atoms with van der Waals surface area (Å²) in [5.74, 6) is 0.533. The number of aromatic nitrogens is 2. The lowest BCUT2D eigenvalue weighted by Crippen LogP contribution is -2.46. The number of piperidine rings is 2. The molecule has 2 saturated heterocycles. The predicted octanol–water partition coefficient (Wildman–Crippen LogP) is 1.83. The van der Waals surface area contributed by atoms with Gasteiger partial charge in [-0.2, -0.15) is 0 Å². The smallest absolute Gasteiger partial charge is 0.242 e. The van der Waals surface area contributed by atoms with Crippen LogP contribution in [0.4, 0.5) is 5.95 Å². The summed E-state index contributed by atoms with van der Waals surface area (Å²) in [7, 11) is -0.553. The van der Waals surface area contributed by atoms with Crippen LogP contribution in [0.1, 0.15) is 36.8 Å². The van der Waals surface area contributed by atoms with Gasteiger partial charge in [-0.25, -0.2) is 22.7 Å². The molecular weight excluding hydrogens is 478 g/mol. The molecule has 0 spiro atoms. The van der Waals surface area contributed by atoms with Crippen LogP contribution in [0.15, 0.2) is 41.6 Å². The van der Waals surface area contributed by atoms with Crippen LogP contribution in [0.2, 0.25) is 0 Å². The highest BCUT2D eigenvalue weighted by molar-refractivity contribution is 7.89. The molecule has 0 radical (unpaired) electrons. The van der Waals surface area contributed by atoms with Crippen molar-refractivity contribution in [1.29, 1.82) is 5.41 Å². The number of nitrogens with zero attached hydrogens (tertiary/aromatic N) is 5. The first kappa shape index (κ1) is 26.2. The van der Waals surface area contributed by atoms with Crippen molar-refractivity contribution in [2.45, 2.75) is 37.1 Å². The van der Waals surface area contributed by atoms with Crippen molar-refractivity contribution in [2.24, 2.45) is 11.8 Å². The van der Waals surface area contributed by atoms with Crippen LogP contribution in [0.5, 0.6) is 0 Å². The summed E-state index contributed by atoms with van der Waals surface area (Å²) in [6.45, 7) is 3.73. The van der Waals surface area contributed by atoms with Crippen molar-refractivity contribution in [2.75, 3.05) is 46.0 Å². The number of likely N-dealkylation sites (tertiary alicyclic amines) is 2. The minimum atomic E-state index is -3.55. The Morgan fingerprint density at radius 3 is 2.28 bits per heavy atom. The van der Waals surface area contributed by atoms with Gasteiger partial charge in [0.25, 0.3) is 0 Å². The molecule has 0 saturated carbocycles. The Labute approximate surface area is 213 Å². The molecule has 3 heterocycles. The van der Waals surface area contributed by atoms with Crippen molar-refractivity contribution in [1.82, 2.24) is 24.1 Å². The van der Waals surface area contributed by atoms with Gasteiger partial charge in [-0.15, -0.1) is 0 Å². The second kappa shape index (κ2) is 11.0. The van der Waals surface area contributed by atoms with E-state index in [1.165, 1.54) is 18.4 Å². The summed E-state index contributed by atoms with van der Waals surface area (Å²) in [6.07, 6.45) is 6.59. The number of hydrogen-bond donors (Lipinski definition) is 2. The molecule has 0 atom stereocenters. The number of amides is 1. The number of hydrogen-bond acceptors (Lipinski definition) is 8. The molecule has 1 amide bonds. The first-order valence-corrected chi connectivity index (χ1v) is 13.8. The van der Waals surface area contributed by atoms with Gasteiger partial charge in [0, 0.05) is 69.2 Å². The molecule has 4 rings (SSSR count). The van der Waals surface area contributed by atoms with E-state index in [-0.39, 0.29) is 28.6 Å². The van der Waals surface area contributed by atoms with Crippen molar-refractivity contribution < 1.29 is 13.2 Å². The second-order valence-corrected chi connectivity index (χ2v) is 12.0. The standard InChI is InChI=1S/C25H35N7O3S/c1-30(2)36(34,35)22-5-3-4-21(14-22)23(26)19-8-12-32(13-9-19)24(33)20-6-10-31(11-7-20)17-18-15-28-25(27)29-16-18/h3-5,14-16,19-20,26H,6-13,17H2,1-2H3,(H2,27,28,29). The zero-order valence-electron chi connectivity index (χ0n) is 20.9. The van der Waals surface area contributed by atoms with Crippen LogP contribution in [-0.4, -0.2) is 84.4 Å². The molecule has 0 unspecified atom stereocenters. The molecule has 1 aromatic heterocycles. The van der Waals surface area contributed by atoms with Gasteiger partial charge >= 0.3 is 0 Å². The molecule has 2 fully saturated rings. The quantitative estimate of drug-likeness (QED) is 0.539. The fourth-order valence-corrected chi connectivity index (χ4v) is 5.91. The van der Waals surface area contributed by atoms with E-state index in [9.17, 15) is 13.2 Å². The number of sulfonamides is 1. The van der Waals surface area contributed by atoms with Crippen LogP contribution in [0.3, 0.4) is 0 Å². The Hall–Kier alpha value is -2.89. The molecule has 2 aromatic rings. The van der Waals surface area contributed by atoms with Crippen molar-refractivity contribution in [3.05, 3.63) is 47.8 Å². The number of nitrogens with two attached hydrogens (primary N) is 1. The fourth-order valence-electron chi connectivity index (χ4n) is 4.96. The summed E-state index contributed by atoms with van der Waals surface area (Å²) in [6, 6.07) is 6.62. The normalized spacial score (nSPS) is 18.5. The van der Waals surface area contributed by atoms with E-state index in [0.717, 1.165) is 38.0 Å². The van der Waals surface area contributed by atoms with Gasteiger partial charge in [-0.3, -0.25) is 9.69 Å². The summed E-state index contributed by atoms with van der Waals surface area (Å²) in [4.78, 5) is 25.7. The summed E-state index contributed by atoms with van der Waals surface area (Å²) < 4.78 is 26.1. The van der Waals surface area contributed by atoms with Crippen LogP contribution in [-0.2, 0) is 21.4 Å². The first-order valence-electron chi connectivity index (χ1n) is 12.3. The maximum absolute atomic E-state index is 13.2. The topological polar surface area (TPSA) is 137 Å². The van der Waals surface area contributed by atoms with Gasteiger partial charge in [-0.1, -0.05) is 12.1 Å². The molecule has 10 nitrogen and oxygen atoms in total. The van der Waals surface area contributed by atoms with Crippen LogP contribution < -0.4 is 5.73 Å². The third-order valence-corrected chi connectivity index (χ3v) is 9.02. The molecule has 11 heteroatoms. The van der Waals surface area contributed by atoms with Crippen LogP contribution >= 0.6 is 0 Å². The van der Waals surface area contributed by atoms with Crippen LogP contribution in [0.25, 0.3) is 0 Å². The molecular formula is C25H35N7O3S. The van der Waals surface area contributed by atoms with Gasteiger partial charge in [0.05, 0.1) is 4.90 Å². The number of nitrogens with one attached hydrogen (secondary N) is 1. The monoisotopic (exact) mass is 513 g/mol. The highest BCUT2D eigenvalue weighted by Gasteiger charge is 2.32. The maximum Gasteiger partial charge on any atom is 0.242 e. The largest absolute Gasteiger partial charge is 0.368 e. The lowest BCUT2D eigenvalue weighted by atomic mass is 9.87. The number of nitrogen functional groups attached to an aromatic ring is 1. The Balaban J connectivity index is 1.27. The SMILES string of the molecule is CN(C)S(=O)(=O)c1cccc(C(=N)C2CCN(C(=O)C3CCN(Cc4cnc(N)nc4)CC3)CC2)c1. The molecule has 2 aliphatic rings. The Morgan fingerprint density at radius 1 is 1.06 bits per heavy atom. The first-order chi connectivity index (χ1) is 17.1. The van der Waals surface area contributed by atoms with E-state index in [1.807, 2.05) is 4.90 Å². The zero-order chi connectivity index (χ0) is 25.9. The predicted molar refractivity (Wildman–Crippen MR) is 138 cm³/mol. The van der Waals surface area contributed by atoms with E-state index in [0.29, 0.717) is 37.2 Å².